The minimum atomic E-state index is -0.173. The van der Waals surface area contributed by atoms with E-state index in [2.05, 4.69) is 0 Å². The van der Waals surface area contributed by atoms with Crippen molar-refractivity contribution in [3.8, 4) is 23.0 Å². The van der Waals surface area contributed by atoms with Crippen molar-refractivity contribution in [1.82, 2.24) is 0 Å². The van der Waals surface area contributed by atoms with Crippen molar-refractivity contribution in [2.75, 3.05) is 35.0 Å². The number of ether oxygens (including phenoxy) is 5. The van der Waals surface area contributed by atoms with Gasteiger partial charge in [0, 0.05) is 0 Å². The molecule has 5 nitrogen and oxygen atoms in total. The Morgan fingerprint density at radius 2 is 1.42 bits per heavy atom. The van der Waals surface area contributed by atoms with Crippen LogP contribution in [0.15, 0.2) is 30.3 Å². The van der Waals surface area contributed by atoms with Gasteiger partial charge in [0.2, 0.25) is 0 Å². The lowest BCUT2D eigenvalue weighted by atomic mass is 9.92. The summed E-state index contributed by atoms with van der Waals surface area (Å²) in [7, 11) is 6.54. The molecule has 0 spiro atoms. The molecule has 0 fully saturated rings. The molecule has 0 unspecified atom stereocenters. The van der Waals surface area contributed by atoms with Gasteiger partial charge in [0.25, 0.3) is 0 Å². The molecule has 3 rings (SSSR count). The Bertz CT molecular complexity index is 726. The quantitative estimate of drug-likeness (QED) is 0.841. The van der Waals surface area contributed by atoms with Crippen molar-refractivity contribution in [3.63, 3.8) is 0 Å². The summed E-state index contributed by atoms with van der Waals surface area (Å²) in [5.41, 5.74) is 3.31. The zero-order valence-corrected chi connectivity index (χ0v) is 14.4. The third-order valence-electron chi connectivity index (χ3n) is 4.29. The van der Waals surface area contributed by atoms with Crippen molar-refractivity contribution < 1.29 is 23.7 Å². The number of methoxy groups -OCH3 is 4. The Kier molecular flexibility index (Phi) is 4.81. The highest BCUT2D eigenvalue weighted by Crippen LogP contribution is 2.41. The first kappa shape index (κ1) is 16.5. The average molecular weight is 330 g/mol. The van der Waals surface area contributed by atoms with Gasteiger partial charge in [-0.2, -0.15) is 0 Å². The van der Waals surface area contributed by atoms with Crippen LogP contribution in [0.1, 0.15) is 22.8 Å². The normalized spacial score (nSPS) is 16.2. The van der Waals surface area contributed by atoms with E-state index < -0.39 is 0 Å². The van der Waals surface area contributed by atoms with E-state index in [4.69, 9.17) is 23.7 Å². The number of benzene rings is 2. The second-order valence-corrected chi connectivity index (χ2v) is 5.52. The molecule has 0 aliphatic carbocycles. The van der Waals surface area contributed by atoms with E-state index >= 15 is 0 Å². The Hall–Kier alpha value is -2.40. The highest BCUT2D eigenvalue weighted by Gasteiger charge is 2.26. The summed E-state index contributed by atoms with van der Waals surface area (Å²) in [6, 6.07) is 9.87. The molecule has 24 heavy (non-hydrogen) atoms. The largest absolute Gasteiger partial charge is 0.493 e. The van der Waals surface area contributed by atoms with Crippen molar-refractivity contribution in [3.05, 3.63) is 47.0 Å². The number of hydrogen-bond acceptors (Lipinski definition) is 5. The van der Waals surface area contributed by atoms with Gasteiger partial charge in [0.1, 0.15) is 6.10 Å². The second-order valence-electron chi connectivity index (χ2n) is 5.52. The molecule has 0 aromatic heterocycles. The van der Waals surface area contributed by atoms with Gasteiger partial charge in [0.05, 0.1) is 35.0 Å². The van der Waals surface area contributed by atoms with Crippen molar-refractivity contribution in [2.45, 2.75) is 12.5 Å². The predicted octanol–water partition coefficient (Wildman–Crippen LogP) is 3.38. The number of rotatable bonds is 5. The molecule has 5 heteroatoms. The van der Waals surface area contributed by atoms with E-state index in [9.17, 15) is 0 Å². The summed E-state index contributed by atoms with van der Waals surface area (Å²) in [4.78, 5) is 0. The first-order valence-corrected chi connectivity index (χ1v) is 7.80. The molecule has 0 amide bonds. The van der Waals surface area contributed by atoms with E-state index in [1.165, 1.54) is 5.56 Å². The maximum Gasteiger partial charge on any atom is 0.161 e. The molecular formula is C19H22O5. The second kappa shape index (κ2) is 7.01. The molecule has 0 saturated carbocycles. The SMILES string of the molecule is COc1ccc([C@H]2OCCc3cc(OC)c(OC)cc32)cc1OC. The lowest BCUT2D eigenvalue weighted by Gasteiger charge is -2.28. The first-order valence-electron chi connectivity index (χ1n) is 7.80. The summed E-state index contributed by atoms with van der Waals surface area (Å²) in [6.07, 6.45) is 0.674. The van der Waals surface area contributed by atoms with Gasteiger partial charge >= 0.3 is 0 Å². The Labute approximate surface area is 142 Å². The molecule has 0 radical (unpaired) electrons. The number of hydrogen-bond donors (Lipinski definition) is 0. The van der Waals surface area contributed by atoms with Crippen molar-refractivity contribution >= 4 is 0 Å². The molecule has 2 aromatic rings. The first-order chi connectivity index (χ1) is 11.7. The van der Waals surface area contributed by atoms with Crippen LogP contribution in [0.2, 0.25) is 0 Å². The summed E-state index contributed by atoms with van der Waals surface area (Å²) < 4.78 is 27.6. The fourth-order valence-electron chi connectivity index (χ4n) is 3.07. The topological polar surface area (TPSA) is 46.2 Å². The standard InChI is InChI=1S/C19H22O5/c1-20-15-6-5-13(10-16(15)21-2)19-14-11-18(23-4)17(22-3)9-12(14)7-8-24-19/h5-6,9-11,19H,7-8H2,1-4H3/t19-/m1/s1. The van der Waals surface area contributed by atoms with Crippen LogP contribution >= 0.6 is 0 Å². The van der Waals surface area contributed by atoms with E-state index in [1.54, 1.807) is 28.4 Å². The minimum Gasteiger partial charge on any atom is -0.493 e. The zero-order chi connectivity index (χ0) is 17.1. The molecule has 2 aromatic carbocycles. The van der Waals surface area contributed by atoms with E-state index in [0.29, 0.717) is 23.9 Å². The van der Waals surface area contributed by atoms with Crippen LogP contribution in [0.4, 0.5) is 0 Å². The fourth-order valence-corrected chi connectivity index (χ4v) is 3.07. The van der Waals surface area contributed by atoms with Gasteiger partial charge in [-0.3, -0.25) is 0 Å². The Balaban J connectivity index is 2.06. The van der Waals surface area contributed by atoms with Gasteiger partial charge in [-0.05, 0) is 47.4 Å². The monoisotopic (exact) mass is 330 g/mol. The minimum absolute atomic E-state index is 0.173. The lowest BCUT2D eigenvalue weighted by Crippen LogP contribution is -2.18. The van der Waals surface area contributed by atoms with E-state index in [1.807, 2.05) is 30.3 Å². The van der Waals surface area contributed by atoms with Crippen LogP contribution in [0, 0.1) is 0 Å². The highest BCUT2D eigenvalue weighted by atomic mass is 16.5. The smallest absolute Gasteiger partial charge is 0.161 e. The molecule has 1 aliphatic heterocycles. The van der Waals surface area contributed by atoms with Gasteiger partial charge < -0.3 is 23.7 Å². The predicted molar refractivity (Wildman–Crippen MR) is 90.6 cm³/mol. The number of fused-ring (bicyclic) bond motifs is 1. The molecule has 1 heterocycles. The lowest BCUT2D eigenvalue weighted by molar-refractivity contribution is 0.0693. The molecular weight excluding hydrogens is 308 g/mol. The molecule has 0 saturated heterocycles. The van der Waals surface area contributed by atoms with Crippen LogP contribution in [0.5, 0.6) is 23.0 Å². The maximum atomic E-state index is 6.04. The molecule has 1 aliphatic rings. The summed E-state index contributed by atoms with van der Waals surface area (Å²) in [6.45, 7) is 0.654. The Morgan fingerprint density at radius 1 is 0.792 bits per heavy atom. The molecule has 1 atom stereocenters. The van der Waals surface area contributed by atoms with Crippen molar-refractivity contribution in [1.29, 1.82) is 0 Å². The van der Waals surface area contributed by atoms with Crippen LogP contribution in [0.3, 0.4) is 0 Å². The molecule has 128 valence electrons. The fraction of sp³-hybridized carbons (Fsp3) is 0.368. The zero-order valence-electron chi connectivity index (χ0n) is 14.4. The van der Waals surface area contributed by atoms with Gasteiger partial charge in [-0.25, -0.2) is 0 Å². The van der Waals surface area contributed by atoms with Crippen LogP contribution < -0.4 is 18.9 Å². The van der Waals surface area contributed by atoms with Gasteiger partial charge in [0.15, 0.2) is 23.0 Å². The van der Waals surface area contributed by atoms with Crippen molar-refractivity contribution in [2.24, 2.45) is 0 Å². The third-order valence-corrected chi connectivity index (χ3v) is 4.29. The van der Waals surface area contributed by atoms with Gasteiger partial charge in [-0.15, -0.1) is 0 Å². The van der Waals surface area contributed by atoms with E-state index in [0.717, 1.165) is 23.3 Å². The van der Waals surface area contributed by atoms with Crippen LogP contribution in [-0.2, 0) is 11.2 Å². The third kappa shape index (κ3) is 2.87. The average Bonchev–Trinajstić information content (AvgIpc) is 2.65. The summed E-state index contributed by atoms with van der Waals surface area (Å²) in [5.74, 6) is 2.83. The highest BCUT2D eigenvalue weighted by molar-refractivity contribution is 5.52. The maximum absolute atomic E-state index is 6.04. The van der Waals surface area contributed by atoms with Crippen LogP contribution in [-0.4, -0.2) is 35.0 Å². The van der Waals surface area contributed by atoms with Gasteiger partial charge in [-0.1, -0.05) is 6.07 Å². The molecule has 0 N–H and O–H groups in total. The van der Waals surface area contributed by atoms with E-state index in [-0.39, 0.29) is 6.10 Å². The summed E-state index contributed by atoms with van der Waals surface area (Å²) >= 11 is 0. The Morgan fingerprint density at radius 3 is 2.08 bits per heavy atom. The van der Waals surface area contributed by atoms with Crippen LogP contribution in [0.25, 0.3) is 0 Å². The molecule has 0 bridgehead atoms. The summed E-state index contributed by atoms with van der Waals surface area (Å²) in [5, 5.41) is 0.